The number of nitrogens with zero attached hydrogens (tertiary/aromatic N) is 2. The zero-order chi connectivity index (χ0) is 41.9. The molecule has 0 aliphatic heterocycles. The van der Waals surface area contributed by atoms with E-state index in [1.165, 1.54) is 65.2 Å². The standard InChI is InChI=1S/C55H44N2P2.2ClH.Zr/c1-5-23-41(24-6-1)58(42-25-7-2-8-26-42)49-35-19-13-21-39(49)37-56-53-51-45-31-15-17-33-47(45)55(51)48-34-18-16-32-46(48)52(55)54(53)57-38-40-22-14-20-36-50(40)59(43-27-9-3-10-28-43)44-29-11-4-12-30-44;;;/h1-36,51-54H,37-38H2;2*1H;/q-2;;;+4/t51?,52?,53-,54-,55?;;;/m1.../s1. The van der Waals surface area contributed by atoms with Gasteiger partial charge in [0, 0.05) is 5.41 Å². The van der Waals surface area contributed by atoms with Crippen LogP contribution in [-0.2, 0) is 39.4 Å². The third kappa shape index (κ3) is 7.53. The maximum absolute atomic E-state index is 5.90. The van der Waals surface area contributed by atoms with Gasteiger partial charge in [0.2, 0.25) is 0 Å². The summed E-state index contributed by atoms with van der Waals surface area (Å²) in [4.78, 5) is 0. The van der Waals surface area contributed by atoms with Gasteiger partial charge in [0.25, 0.3) is 0 Å². The fourth-order valence-corrected chi connectivity index (χ4v) is 16.5. The molecule has 0 aromatic heterocycles. The van der Waals surface area contributed by atoms with Gasteiger partial charge >= 0.3 is 37.9 Å². The van der Waals surface area contributed by atoms with E-state index >= 15 is 0 Å². The Bertz CT molecular complexity index is 2490. The Labute approximate surface area is 387 Å². The van der Waals surface area contributed by atoms with Crippen LogP contribution in [0.15, 0.2) is 218 Å². The molecule has 0 saturated heterocycles. The van der Waals surface area contributed by atoms with Crippen molar-refractivity contribution in [2.75, 3.05) is 0 Å². The minimum Gasteiger partial charge on any atom is -0.656 e. The Hall–Kier alpha value is -4.00. The van der Waals surface area contributed by atoms with Gasteiger partial charge in [-0.05, 0) is 106 Å². The topological polar surface area (TPSA) is 28.2 Å². The number of halogens is 2. The molecule has 0 amide bonds. The molecule has 0 radical (unpaired) electrons. The average molecular weight is 959 g/mol. The second kappa shape index (κ2) is 19.0. The smallest absolute Gasteiger partial charge is 0.103 e. The van der Waals surface area contributed by atoms with Crippen LogP contribution < -0.4 is 31.8 Å². The summed E-state index contributed by atoms with van der Waals surface area (Å²) in [5, 5.41) is 20.2. The predicted molar refractivity (Wildman–Crippen MR) is 266 cm³/mol. The molecule has 1 fully saturated rings. The van der Waals surface area contributed by atoms with Crippen LogP contribution >= 0.6 is 32.9 Å². The van der Waals surface area contributed by atoms with E-state index in [0.717, 1.165) is 0 Å². The summed E-state index contributed by atoms with van der Waals surface area (Å²) in [5.41, 5.74) is 8.52. The molecule has 3 aliphatic rings. The molecule has 11 rings (SSSR count). The van der Waals surface area contributed by atoms with Crippen molar-refractivity contribution in [3.63, 3.8) is 0 Å². The zero-order valence-corrected chi connectivity index (χ0v) is 40.1. The summed E-state index contributed by atoms with van der Waals surface area (Å²) in [6, 6.07) is 81.3. The Morgan fingerprint density at radius 1 is 0.387 bits per heavy atom. The van der Waals surface area contributed by atoms with Crippen LogP contribution in [0.2, 0.25) is 0 Å². The third-order valence-corrected chi connectivity index (χ3v) is 19.0. The first-order valence-electron chi connectivity index (χ1n) is 21.3. The van der Waals surface area contributed by atoms with E-state index in [1.54, 1.807) is 0 Å². The Morgan fingerprint density at radius 3 is 1.03 bits per heavy atom. The van der Waals surface area contributed by atoms with Crippen molar-refractivity contribution in [3.05, 3.63) is 262 Å². The molecule has 1 saturated carbocycles. The fraction of sp³-hybridized carbons (Fsp3) is 0.127. The van der Waals surface area contributed by atoms with Crippen molar-refractivity contribution < 1.29 is 20.8 Å². The van der Waals surface area contributed by atoms with Gasteiger partial charge in [-0.15, -0.1) is 25.2 Å². The van der Waals surface area contributed by atoms with E-state index in [4.69, 9.17) is 27.7 Å². The quantitative estimate of drug-likeness (QED) is 0.109. The van der Waals surface area contributed by atoms with Crippen molar-refractivity contribution in [2.24, 2.45) is 0 Å². The van der Waals surface area contributed by atoms with Crippen molar-refractivity contribution in [3.8, 4) is 0 Å². The van der Waals surface area contributed by atoms with Crippen LogP contribution in [0.3, 0.4) is 0 Å². The molecule has 0 bridgehead atoms. The summed E-state index contributed by atoms with van der Waals surface area (Å²) in [6.07, 6.45) is 0. The summed E-state index contributed by atoms with van der Waals surface area (Å²) < 4.78 is 0. The van der Waals surface area contributed by atoms with Gasteiger partial charge in [-0.2, -0.15) is 0 Å². The Kier molecular flexibility index (Phi) is 12.9. The second-order valence-electron chi connectivity index (χ2n) is 16.3. The Morgan fingerprint density at radius 2 is 0.677 bits per heavy atom. The summed E-state index contributed by atoms with van der Waals surface area (Å²) in [6.45, 7) is 1.34. The van der Waals surface area contributed by atoms with E-state index in [2.05, 4.69) is 218 Å². The molecular formula is C55H46Cl2N2P2Zr+2. The number of benzene rings is 8. The van der Waals surface area contributed by atoms with Gasteiger partial charge in [0.15, 0.2) is 0 Å². The first-order valence-corrected chi connectivity index (χ1v) is 30.7. The molecule has 1 spiro atoms. The molecule has 2 unspecified atom stereocenters. The maximum atomic E-state index is 5.90. The molecule has 8 aromatic rings. The monoisotopic (exact) mass is 956 g/mol. The van der Waals surface area contributed by atoms with Gasteiger partial charge in [-0.25, -0.2) is 0 Å². The number of rotatable bonds is 12. The molecule has 8 aromatic carbocycles. The first kappa shape index (κ1) is 42.0. The van der Waals surface area contributed by atoms with Crippen molar-refractivity contribution in [1.82, 2.24) is 0 Å². The van der Waals surface area contributed by atoms with E-state index < -0.39 is 36.7 Å². The number of hydrogen-bond donors (Lipinski definition) is 0. The molecule has 302 valence electrons. The van der Waals surface area contributed by atoms with Gasteiger partial charge < -0.3 is 10.6 Å². The van der Waals surface area contributed by atoms with Crippen LogP contribution in [0.5, 0.6) is 0 Å². The minimum atomic E-state index is -1.26. The van der Waals surface area contributed by atoms with Crippen molar-refractivity contribution in [1.29, 1.82) is 0 Å². The summed E-state index contributed by atoms with van der Waals surface area (Å²) in [5.74, 6) is 0.604. The predicted octanol–water partition coefficient (Wildman–Crippen LogP) is 11.4. The van der Waals surface area contributed by atoms with Gasteiger partial charge in [-0.1, -0.05) is 158 Å². The number of fused-ring (bicyclic) bond motifs is 4. The summed E-state index contributed by atoms with van der Waals surface area (Å²) in [7, 11) is 7.34. The van der Waals surface area contributed by atoms with Crippen LogP contribution in [0, 0.1) is 0 Å². The van der Waals surface area contributed by atoms with Crippen LogP contribution in [0.4, 0.5) is 0 Å². The van der Waals surface area contributed by atoms with E-state index in [9.17, 15) is 0 Å². The molecule has 0 heterocycles. The molecule has 4 atom stereocenters. The number of hydrogen-bond acceptors (Lipinski definition) is 0. The Balaban J connectivity index is 0.00000149. The molecule has 62 heavy (non-hydrogen) atoms. The fourth-order valence-electron chi connectivity index (χ4n) is 10.9. The first-order chi connectivity index (χ1) is 30.7. The molecule has 7 heteroatoms. The zero-order valence-electron chi connectivity index (χ0n) is 34.2. The van der Waals surface area contributed by atoms with Gasteiger partial charge in [-0.3, -0.25) is 0 Å². The SMILES string of the molecule is [Cl][Zr+2][Cl].c1ccc([PH+](c2ccccc2)c2ccccc2C[N-][C@@H]2C3c4ccccc4C34c3ccccc3C4[C@H]2[N-]Cc2ccccc2[PH+](c2ccccc2)c2ccccc2)cc1. The van der Waals surface area contributed by atoms with Gasteiger partial charge in [0.05, 0.1) is 15.8 Å². The normalized spacial score (nSPS) is 20.0. The van der Waals surface area contributed by atoms with E-state index in [-0.39, 0.29) is 17.5 Å². The molecule has 2 nitrogen and oxygen atoms in total. The largest absolute Gasteiger partial charge is 0.656 e. The minimum absolute atomic E-state index is 0.0411. The van der Waals surface area contributed by atoms with Crippen LogP contribution in [0.1, 0.15) is 45.2 Å². The second-order valence-corrected chi connectivity index (χ2v) is 24.9. The molecule has 0 N–H and O–H groups in total. The van der Waals surface area contributed by atoms with E-state index in [0.29, 0.717) is 24.9 Å². The van der Waals surface area contributed by atoms with Crippen molar-refractivity contribution >= 4 is 64.7 Å². The van der Waals surface area contributed by atoms with Crippen LogP contribution in [-0.4, -0.2) is 12.1 Å². The third-order valence-electron chi connectivity index (χ3n) is 13.3. The molecule has 3 aliphatic carbocycles. The maximum Gasteiger partial charge on any atom is 0.103 e. The van der Waals surface area contributed by atoms with E-state index in [1.807, 2.05) is 0 Å². The molecular weight excluding hydrogens is 913 g/mol. The average Bonchev–Trinajstić information content (AvgIpc) is 3.53. The summed E-state index contributed by atoms with van der Waals surface area (Å²) >= 11 is -0.826. The van der Waals surface area contributed by atoms with Crippen LogP contribution in [0.25, 0.3) is 10.6 Å². The van der Waals surface area contributed by atoms with Gasteiger partial charge in [0.1, 0.15) is 31.8 Å². The van der Waals surface area contributed by atoms with Crippen molar-refractivity contribution in [2.45, 2.75) is 42.4 Å².